The Balaban J connectivity index is 1.70. The van der Waals surface area contributed by atoms with E-state index >= 15 is 0 Å². The Morgan fingerprint density at radius 1 is 1.30 bits per heavy atom. The number of H-pyrrole nitrogens is 1. The zero-order chi connectivity index (χ0) is 13.9. The van der Waals surface area contributed by atoms with Crippen LogP contribution in [0.5, 0.6) is 0 Å². The predicted octanol–water partition coefficient (Wildman–Crippen LogP) is 4.04. The van der Waals surface area contributed by atoms with Gasteiger partial charge in [-0.05, 0) is 46.3 Å². The Bertz CT molecular complexity index is 757. The number of halogens is 1. The monoisotopic (exact) mass is 347 g/mol. The van der Waals surface area contributed by atoms with Crippen LogP contribution in [0.3, 0.4) is 0 Å². The average Bonchev–Trinajstić information content (AvgIpc) is 3.01. The van der Waals surface area contributed by atoms with Gasteiger partial charge in [0.05, 0.1) is 14.8 Å². The van der Waals surface area contributed by atoms with Crippen LogP contribution in [-0.2, 0) is 4.79 Å². The minimum absolute atomic E-state index is 0.214. The van der Waals surface area contributed by atoms with Crippen LogP contribution in [-0.4, -0.2) is 15.9 Å². The molecule has 3 aromatic rings. The summed E-state index contributed by atoms with van der Waals surface area (Å²) in [5, 5.41) is 2.71. The molecule has 3 rings (SSSR count). The molecule has 1 amide bonds. The molecule has 0 spiro atoms. The molecule has 0 saturated heterocycles. The molecular weight excluding hydrogens is 338 g/mol. The van der Waals surface area contributed by atoms with Crippen molar-refractivity contribution in [3.05, 3.63) is 51.1 Å². The fraction of sp³-hybridized carbons (Fsp3) is 0. The minimum atomic E-state index is -0.214. The summed E-state index contributed by atoms with van der Waals surface area (Å²) in [5.41, 5.74) is 1.72. The van der Waals surface area contributed by atoms with E-state index in [-0.39, 0.29) is 5.91 Å². The molecule has 0 fully saturated rings. The van der Waals surface area contributed by atoms with E-state index in [0.717, 1.165) is 19.7 Å². The number of fused-ring (bicyclic) bond motifs is 1. The van der Waals surface area contributed by atoms with Gasteiger partial charge in [-0.25, -0.2) is 4.98 Å². The van der Waals surface area contributed by atoms with Gasteiger partial charge in [-0.15, -0.1) is 11.3 Å². The van der Waals surface area contributed by atoms with E-state index in [4.69, 9.17) is 0 Å². The Hall–Kier alpha value is -1.92. The lowest BCUT2D eigenvalue weighted by atomic mass is 10.3. The number of thiophene rings is 1. The molecule has 0 aliphatic carbocycles. The quantitative estimate of drug-likeness (QED) is 0.702. The van der Waals surface area contributed by atoms with E-state index in [1.165, 1.54) is 6.08 Å². The Labute approximate surface area is 127 Å². The fourth-order valence-corrected chi connectivity index (χ4v) is 3.07. The Kier molecular flexibility index (Phi) is 3.66. The van der Waals surface area contributed by atoms with Gasteiger partial charge in [0.15, 0.2) is 0 Å². The first kappa shape index (κ1) is 13.1. The van der Waals surface area contributed by atoms with Gasteiger partial charge in [-0.3, -0.25) is 10.1 Å². The van der Waals surface area contributed by atoms with Crippen molar-refractivity contribution in [1.29, 1.82) is 0 Å². The fourth-order valence-electron chi connectivity index (χ4n) is 1.75. The number of benzene rings is 1. The van der Waals surface area contributed by atoms with Crippen LogP contribution in [0.2, 0.25) is 0 Å². The maximum absolute atomic E-state index is 11.8. The summed E-state index contributed by atoms with van der Waals surface area (Å²) in [6.07, 6.45) is 3.26. The summed E-state index contributed by atoms with van der Waals surface area (Å²) < 4.78 is 1.04. The van der Waals surface area contributed by atoms with Crippen molar-refractivity contribution >= 4 is 56.2 Å². The molecule has 20 heavy (non-hydrogen) atoms. The van der Waals surface area contributed by atoms with Crippen molar-refractivity contribution in [2.24, 2.45) is 0 Å². The lowest BCUT2D eigenvalue weighted by molar-refractivity contribution is -0.111. The Morgan fingerprint density at radius 2 is 2.15 bits per heavy atom. The lowest BCUT2D eigenvalue weighted by Gasteiger charge is -1.95. The second kappa shape index (κ2) is 5.60. The van der Waals surface area contributed by atoms with Crippen LogP contribution in [0.1, 0.15) is 4.88 Å². The van der Waals surface area contributed by atoms with Crippen LogP contribution >= 0.6 is 27.3 Å². The zero-order valence-corrected chi connectivity index (χ0v) is 12.7. The van der Waals surface area contributed by atoms with E-state index in [1.807, 2.05) is 36.4 Å². The molecule has 100 valence electrons. The number of hydrogen-bond acceptors (Lipinski definition) is 3. The number of rotatable bonds is 3. The van der Waals surface area contributed by atoms with E-state index in [2.05, 4.69) is 31.2 Å². The first-order chi connectivity index (χ1) is 9.70. The molecule has 1 aromatic carbocycles. The zero-order valence-electron chi connectivity index (χ0n) is 10.3. The highest BCUT2D eigenvalue weighted by atomic mass is 79.9. The van der Waals surface area contributed by atoms with Gasteiger partial charge in [-0.2, -0.15) is 0 Å². The second-order valence-electron chi connectivity index (χ2n) is 4.07. The van der Waals surface area contributed by atoms with Crippen molar-refractivity contribution in [2.75, 3.05) is 5.32 Å². The van der Waals surface area contributed by atoms with Gasteiger partial charge in [-0.1, -0.05) is 12.1 Å². The largest absolute Gasteiger partial charge is 0.324 e. The summed E-state index contributed by atoms with van der Waals surface area (Å²) in [6, 6.07) is 11.5. The average molecular weight is 348 g/mol. The maximum Gasteiger partial charge on any atom is 0.250 e. The van der Waals surface area contributed by atoms with Crippen molar-refractivity contribution in [1.82, 2.24) is 9.97 Å². The number of anilines is 1. The van der Waals surface area contributed by atoms with Gasteiger partial charge < -0.3 is 4.98 Å². The second-order valence-corrected chi connectivity index (χ2v) is 6.56. The molecule has 4 nitrogen and oxygen atoms in total. The number of carbonyl (C=O) groups excluding carboxylic acids is 1. The first-order valence-electron chi connectivity index (χ1n) is 5.90. The molecule has 0 atom stereocenters. The van der Waals surface area contributed by atoms with Gasteiger partial charge >= 0.3 is 0 Å². The number of aromatic nitrogens is 2. The van der Waals surface area contributed by atoms with Crippen LogP contribution < -0.4 is 5.32 Å². The van der Waals surface area contributed by atoms with Gasteiger partial charge in [0, 0.05) is 11.0 Å². The SMILES string of the molecule is O=C(/C=C/c1ccc(Br)s1)Nc1nc2ccccc2[nH]1. The summed E-state index contributed by atoms with van der Waals surface area (Å²) in [5.74, 6) is 0.238. The molecule has 0 unspecified atom stereocenters. The summed E-state index contributed by atoms with van der Waals surface area (Å²) in [6.45, 7) is 0. The molecule has 0 aliphatic rings. The van der Waals surface area contributed by atoms with E-state index in [9.17, 15) is 4.79 Å². The third kappa shape index (κ3) is 2.97. The molecule has 2 aromatic heterocycles. The van der Waals surface area contributed by atoms with Crippen molar-refractivity contribution in [3.8, 4) is 0 Å². The summed E-state index contributed by atoms with van der Waals surface area (Å²) >= 11 is 4.95. The van der Waals surface area contributed by atoms with Crippen LogP contribution in [0.15, 0.2) is 46.3 Å². The number of carbonyl (C=O) groups is 1. The third-order valence-corrected chi connectivity index (χ3v) is 4.21. The van der Waals surface area contributed by atoms with Gasteiger partial charge in [0.25, 0.3) is 5.91 Å². The molecule has 0 aliphatic heterocycles. The van der Waals surface area contributed by atoms with Gasteiger partial charge in [0.2, 0.25) is 5.95 Å². The number of imidazole rings is 1. The van der Waals surface area contributed by atoms with Gasteiger partial charge in [0.1, 0.15) is 0 Å². The van der Waals surface area contributed by atoms with Crippen LogP contribution in [0, 0.1) is 0 Å². The number of amides is 1. The molecule has 0 bridgehead atoms. The topological polar surface area (TPSA) is 57.8 Å². The third-order valence-electron chi connectivity index (χ3n) is 2.62. The maximum atomic E-state index is 11.8. The van der Waals surface area contributed by atoms with Crippen molar-refractivity contribution in [3.63, 3.8) is 0 Å². The normalized spacial score (nSPS) is 11.2. The van der Waals surface area contributed by atoms with Crippen molar-refractivity contribution in [2.45, 2.75) is 0 Å². The lowest BCUT2D eigenvalue weighted by Crippen LogP contribution is -2.08. The number of aromatic amines is 1. The van der Waals surface area contributed by atoms with Crippen molar-refractivity contribution < 1.29 is 4.79 Å². The molecule has 0 saturated carbocycles. The predicted molar refractivity (Wildman–Crippen MR) is 85.8 cm³/mol. The van der Waals surface area contributed by atoms with E-state index in [1.54, 1.807) is 17.4 Å². The molecule has 6 heteroatoms. The number of nitrogens with zero attached hydrogens (tertiary/aromatic N) is 1. The molecule has 2 heterocycles. The standard InChI is InChI=1S/C14H10BrN3OS/c15-12-7-5-9(20-12)6-8-13(19)18-14-16-10-3-1-2-4-11(10)17-14/h1-8H,(H2,16,17,18,19)/b8-6+. The summed E-state index contributed by atoms with van der Waals surface area (Å²) in [4.78, 5) is 20.1. The Morgan fingerprint density at radius 3 is 2.90 bits per heavy atom. The van der Waals surface area contributed by atoms with E-state index in [0.29, 0.717) is 5.95 Å². The number of para-hydroxylation sites is 2. The highest BCUT2D eigenvalue weighted by Crippen LogP contribution is 2.23. The number of nitrogens with one attached hydrogen (secondary N) is 2. The molecular formula is C14H10BrN3OS. The van der Waals surface area contributed by atoms with Crippen LogP contribution in [0.4, 0.5) is 5.95 Å². The van der Waals surface area contributed by atoms with Crippen LogP contribution in [0.25, 0.3) is 17.1 Å². The smallest absolute Gasteiger partial charge is 0.250 e. The number of hydrogen-bond donors (Lipinski definition) is 2. The molecule has 0 radical (unpaired) electrons. The highest BCUT2D eigenvalue weighted by molar-refractivity contribution is 9.11. The minimum Gasteiger partial charge on any atom is -0.324 e. The first-order valence-corrected chi connectivity index (χ1v) is 7.51. The summed E-state index contributed by atoms with van der Waals surface area (Å²) in [7, 11) is 0. The molecule has 2 N–H and O–H groups in total. The van der Waals surface area contributed by atoms with E-state index < -0.39 is 0 Å². The highest BCUT2D eigenvalue weighted by Gasteiger charge is 2.04.